The lowest BCUT2D eigenvalue weighted by Crippen LogP contribution is -1.86. The molecule has 0 radical (unpaired) electrons. The van der Waals surface area contributed by atoms with E-state index >= 15 is 0 Å². The highest BCUT2D eigenvalue weighted by Gasteiger charge is 2.35. The third-order valence-electron chi connectivity index (χ3n) is 2.43. The van der Waals surface area contributed by atoms with E-state index in [4.69, 9.17) is 0 Å². The van der Waals surface area contributed by atoms with Crippen LogP contribution >= 0.6 is 0 Å². The average molecular weight is 122 g/mol. The van der Waals surface area contributed by atoms with E-state index in [9.17, 15) is 0 Å². The number of hydrogen-bond acceptors (Lipinski definition) is 0. The van der Waals surface area contributed by atoms with Crippen LogP contribution in [0, 0.1) is 11.8 Å². The van der Waals surface area contributed by atoms with Gasteiger partial charge >= 0.3 is 0 Å². The maximum Gasteiger partial charge on any atom is -0.0200 e. The number of rotatable bonds is 2. The average Bonchev–Trinajstić information content (AvgIpc) is 2.61. The van der Waals surface area contributed by atoms with Crippen molar-refractivity contribution in [3.63, 3.8) is 0 Å². The Morgan fingerprint density at radius 1 is 1.11 bits per heavy atom. The summed E-state index contributed by atoms with van der Waals surface area (Å²) in [4.78, 5) is 0. The molecular weight excluding hydrogens is 108 g/mol. The Morgan fingerprint density at radius 2 is 1.56 bits per heavy atom. The monoisotopic (exact) mass is 122 g/mol. The highest BCUT2D eigenvalue weighted by atomic mass is 14.4. The summed E-state index contributed by atoms with van der Waals surface area (Å²) >= 11 is 0. The molecule has 2 rings (SSSR count). The van der Waals surface area contributed by atoms with Crippen LogP contribution in [0.15, 0.2) is 11.6 Å². The topological polar surface area (TPSA) is 0 Å². The van der Waals surface area contributed by atoms with Gasteiger partial charge in [0.05, 0.1) is 0 Å². The van der Waals surface area contributed by atoms with Gasteiger partial charge in [0.15, 0.2) is 0 Å². The zero-order valence-electron chi connectivity index (χ0n) is 6.06. The molecule has 2 aliphatic rings. The summed E-state index contributed by atoms with van der Waals surface area (Å²) < 4.78 is 0. The quantitative estimate of drug-likeness (QED) is 0.494. The van der Waals surface area contributed by atoms with Crippen molar-refractivity contribution < 1.29 is 0 Å². The summed E-state index contributed by atoms with van der Waals surface area (Å²) in [6.45, 7) is 2.20. The Bertz CT molecular complexity index is 122. The van der Waals surface area contributed by atoms with Crippen LogP contribution in [0.4, 0.5) is 0 Å². The van der Waals surface area contributed by atoms with Gasteiger partial charge in [-0.2, -0.15) is 0 Å². The fourth-order valence-electron chi connectivity index (χ4n) is 1.64. The highest BCUT2D eigenvalue weighted by Crippen LogP contribution is 2.48. The molecule has 0 saturated heterocycles. The SMILES string of the molecule is CC=C(C1CC1)C1CC1. The first-order chi connectivity index (χ1) is 4.42. The van der Waals surface area contributed by atoms with E-state index in [-0.39, 0.29) is 0 Å². The zero-order chi connectivity index (χ0) is 6.27. The van der Waals surface area contributed by atoms with Gasteiger partial charge in [0.25, 0.3) is 0 Å². The van der Waals surface area contributed by atoms with Gasteiger partial charge in [-0.15, -0.1) is 0 Å². The Balaban J connectivity index is 2.01. The third kappa shape index (κ3) is 1.03. The molecular formula is C9H14. The Kier molecular flexibility index (Phi) is 1.14. The maximum absolute atomic E-state index is 2.36. The summed E-state index contributed by atoms with van der Waals surface area (Å²) in [5, 5.41) is 0. The molecule has 0 spiro atoms. The van der Waals surface area contributed by atoms with E-state index in [1.807, 2.05) is 0 Å². The lowest BCUT2D eigenvalue weighted by molar-refractivity contribution is 0.853. The molecule has 0 aromatic rings. The molecule has 0 atom stereocenters. The van der Waals surface area contributed by atoms with Crippen molar-refractivity contribution in [1.29, 1.82) is 0 Å². The zero-order valence-corrected chi connectivity index (χ0v) is 6.06. The van der Waals surface area contributed by atoms with Crippen LogP contribution in [-0.2, 0) is 0 Å². The molecule has 0 nitrogen and oxygen atoms in total. The van der Waals surface area contributed by atoms with E-state index in [2.05, 4.69) is 13.0 Å². The van der Waals surface area contributed by atoms with Gasteiger partial charge in [0.2, 0.25) is 0 Å². The van der Waals surface area contributed by atoms with Crippen molar-refractivity contribution in [2.75, 3.05) is 0 Å². The number of allylic oxidation sites excluding steroid dienone is 2. The molecule has 0 amide bonds. The second-order valence-electron chi connectivity index (χ2n) is 3.34. The summed E-state index contributed by atoms with van der Waals surface area (Å²) in [6.07, 6.45) is 8.29. The molecule has 0 N–H and O–H groups in total. The van der Waals surface area contributed by atoms with Crippen molar-refractivity contribution in [1.82, 2.24) is 0 Å². The van der Waals surface area contributed by atoms with E-state index in [0.717, 1.165) is 11.8 Å². The lowest BCUT2D eigenvalue weighted by atomic mass is 10.1. The molecule has 0 aromatic heterocycles. The van der Waals surface area contributed by atoms with Crippen LogP contribution in [0.1, 0.15) is 32.6 Å². The van der Waals surface area contributed by atoms with E-state index < -0.39 is 0 Å². The smallest absolute Gasteiger partial charge is 0.0200 e. The predicted molar refractivity (Wildman–Crippen MR) is 39.2 cm³/mol. The van der Waals surface area contributed by atoms with Crippen molar-refractivity contribution in [3.05, 3.63) is 11.6 Å². The Hall–Kier alpha value is -0.260. The second-order valence-corrected chi connectivity index (χ2v) is 3.34. The predicted octanol–water partition coefficient (Wildman–Crippen LogP) is 2.75. The lowest BCUT2D eigenvalue weighted by Gasteiger charge is -1.98. The summed E-state index contributed by atoms with van der Waals surface area (Å²) in [5.74, 6) is 2.06. The molecule has 0 unspecified atom stereocenters. The van der Waals surface area contributed by atoms with Gasteiger partial charge in [-0.25, -0.2) is 0 Å². The molecule has 0 heteroatoms. The molecule has 2 aliphatic carbocycles. The van der Waals surface area contributed by atoms with Crippen molar-refractivity contribution in [3.8, 4) is 0 Å². The second kappa shape index (κ2) is 1.86. The van der Waals surface area contributed by atoms with Gasteiger partial charge in [-0.05, 0) is 44.4 Å². The van der Waals surface area contributed by atoms with Gasteiger partial charge in [0, 0.05) is 0 Å². The molecule has 0 bridgehead atoms. The summed E-state index contributed by atoms with van der Waals surface area (Å²) in [6, 6.07) is 0. The van der Waals surface area contributed by atoms with Crippen molar-refractivity contribution >= 4 is 0 Å². The van der Waals surface area contributed by atoms with Crippen molar-refractivity contribution in [2.45, 2.75) is 32.6 Å². The van der Waals surface area contributed by atoms with Gasteiger partial charge < -0.3 is 0 Å². The highest BCUT2D eigenvalue weighted by molar-refractivity contribution is 5.19. The molecule has 0 heterocycles. The molecule has 9 heavy (non-hydrogen) atoms. The third-order valence-corrected chi connectivity index (χ3v) is 2.43. The Morgan fingerprint density at radius 3 is 1.78 bits per heavy atom. The largest absolute Gasteiger partial charge is 0.0879 e. The molecule has 0 aliphatic heterocycles. The van der Waals surface area contributed by atoms with Crippen LogP contribution < -0.4 is 0 Å². The summed E-state index contributed by atoms with van der Waals surface area (Å²) in [5.41, 5.74) is 1.79. The molecule has 0 aromatic carbocycles. The number of hydrogen-bond donors (Lipinski definition) is 0. The fraction of sp³-hybridized carbons (Fsp3) is 0.778. The molecule has 2 fully saturated rings. The normalized spacial score (nSPS) is 25.9. The standard InChI is InChI=1S/C9H14/c1-2-9(7-3-4-7)8-5-6-8/h2,7-8H,3-6H2,1H3. The van der Waals surface area contributed by atoms with E-state index in [1.165, 1.54) is 25.7 Å². The fourth-order valence-corrected chi connectivity index (χ4v) is 1.64. The van der Waals surface area contributed by atoms with Gasteiger partial charge in [-0.1, -0.05) is 11.6 Å². The minimum Gasteiger partial charge on any atom is -0.0879 e. The van der Waals surface area contributed by atoms with Crippen LogP contribution in [0.2, 0.25) is 0 Å². The van der Waals surface area contributed by atoms with E-state index in [0.29, 0.717) is 0 Å². The summed E-state index contributed by atoms with van der Waals surface area (Å²) in [7, 11) is 0. The maximum atomic E-state index is 2.36. The molecule has 2 saturated carbocycles. The van der Waals surface area contributed by atoms with Gasteiger partial charge in [0.1, 0.15) is 0 Å². The minimum atomic E-state index is 1.03. The Labute approximate surface area is 57.0 Å². The van der Waals surface area contributed by atoms with Crippen LogP contribution in [-0.4, -0.2) is 0 Å². The van der Waals surface area contributed by atoms with Crippen LogP contribution in [0.5, 0.6) is 0 Å². The first kappa shape index (κ1) is 5.52. The van der Waals surface area contributed by atoms with Gasteiger partial charge in [-0.3, -0.25) is 0 Å². The first-order valence-corrected chi connectivity index (χ1v) is 4.08. The van der Waals surface area contributed by atoms with Crippen LogP contribution in [0.3, 0.4) is 0 Å². The first-order valence-electron chi connectivity index (χ1n) is 4.08. The van der Waals surface area contributed by atoms with E-state index in [1.54, 1.807) is 5.57 Å². The van der Waals surface area contributed by atoms with Crippen LogP contribution in [0.25, 0.3) is 0 Å². The minimum absolute atomic E-state index is 1.03. The van der Waals surface area contributed by atoms with Crippen molar-refractivity contribution in [2.24, 2.45) is 11.8 Å². The molecule has 50 valence electrons.